The van der Waals surface area contributed by atoms with E-state index in [2.05, 4.69) is 4.98 Å². The summed E-state index contributed by atoms with van der Waals surface area (Å²) in [5.74, 6) is 0.822. The molecule has 2 aromatic rings. The van der Waals surface area contributed by atoms with Crippen LogP contribution in [0.5, 0.6) is 0 Å². The number of aryl methyl sites for hydroxylation is 1. The van der Waals surface area contributed by atoms with Crippen LogP contribution in [-0.2, 0) is 13.6 Å². The third-order valence-corrected chi connectivity index (χ3v) is 2.24. The average Bonchev–Trinajstić information content (AvgIpc) is 2.58. The molecule has 5 heteroatoms. The van der Waals surface area contributed by atoms with Gasteiger partial charge in [-0.15, -0.1) is 0 Å². The van der Waals surface area contributed by atoms with Gasteiger partial charge in [0, 0.05) is 37.4 Å². The summed E-state index contributed by atoms with van der Waals surface area (Å²) < 4.78 is 3.41. The first kappa shape index (κ1) is 9.51. The van der Waals surface area contributed by atoms with Crippen molar-refractivity contribution in [3.05, 3.63) is 46.9 Å². The quantitative estimate of drug-likeness (QED) is 0.760. The van der Waals surface area contributed by atoms with E-state index in [0.29, 0.717) is 12.2 Å². The Kier molecular flexibility index (Phi) is 2.29. The molecule has 0 fully saturated rings. The van der Waals surface area contributed by atoms with Gasteiger partial charge >= 0.3 is 0 Å². The summed E-state index contributed by atoms with van der Waals surface area (Å²) in [6.07, 6.45) is 5.16. The number of imidazole rings is 1. The number of aromatic nitrogens is 3. The van der Waals surface area contributed by atoms with Crippen LogP contribution in [-0.4, -0.2) is 14.1 Å². The van der Waals surface area contributed by atoms with Crippen LogP contribution in [0.25, 0.3) is 0 Å². The van der Waals surface area contributed by atoms with E-state index in [0.717, 1.165) is 5.82 Å². The van der Waals surface area contributed by atoms with Crippen molar-refractivity contribution in [3.63, 3.8) is 0 Å². The highest BCUT2D eigenvalue weighted by Crippen LogP contribution is 2.00. The van der Waals surface area contributed by atoms with Crippen molar-refractivity contribution in [3.8, 4) is 0 Å². The molecule has 2 heterocycles. The van der Waals surface area contributed by atoms with Gasteiger partial charge < -0.3 is 14.9 Å². The summed E-state index contributed by atoms with van der Waals surface area (Å²) in [7, 11) is 1.89. The molecule has 2 aromatic heterocycles. The summed E-state index contributed by atoms with van der Waals surface area (Å²) in [4.78, 5) is 15.6. The molecule has 0 atom stereocenters. The van der Waals surface area contributed by atoms with E-state index in [4.69, 9.17) is 5.73 Å². The fourth-order valence-electron chi connectivity index (χ4n) is 1.37. The van der Waals surface area contributed by atoms with Crippen molar-refractivity contribution in [1.82, 2.24) is 14.1 Å². The first-order chi connectivity index (χ1) is 7.16. The van der Waals surface area contributed by atoms with Gasteiger partial charge in [-0.25, -0.2) is 4.98 Å². The summed E-state index contributed by atoms with van der Waals surface area (Å²) in [5.41, 5.74) is 6.10. The van der Waals surface area contributed by atoms with Crippen LogP contribution in [0.2, 0.25) is 0 Å². The molecule has 78 valence electrons. The SMILES string of the molecule is Cn1ccnc1Cn1cc(N)ccc1=O. The molecule has 0 aromatic carbocycles. The Labute approximate surface area is 86.8 Å². The van der Waals surface area contributed by atoms with E-state index < -0.39 is 0 Å². The molecule has 0 saturated carbocycles. The zero-order valence-electron chi connectivity index (χ0n) is 8.42. The van der Waals surface area contributed by atoms with Gasteiger partial charge in [-0.2, -0.15) is 0 Å². The Morgan fingerprint density at radius 1 is 1.47 bits per heavy atom. The standard InChI is InChI=1S/C10H12N4O/c1-13-5-4-12-9(13)7-14-6-8(11)2-3-10(14)15/h2-6H,7,11H2,1H3. The van der Waals surface area contributed by atoms with Crippen molar-refractivity contribution in [2.24, 2.45) is 7.05 Å². The van der Waals surface area contributed by atoms with Crippen LogP contribution in [0.15, 0.2) is 35.5 Å². The van der Waals surface area contributed by atoms with E-state index in [-0.39, 0.29) is 5.56 Å². The highest BCUT2D eigenvalue weighted by molar-refractivity contribution is 5.33. The minimum Gasteiger partial charge on any atom is -0.398 e. The van der Waals surface area contributed by atoms with Gasteiger partial charge in [0.15, 0.2) is 0 Å². The Bertz CT molecular complexity index is 526. The Morgan fingerprint density at radius 2 is 2.27 bits per heavy atom. The van der Waals surface area contributed by atoms with Gasteiger partial charge in [-0.3, -0.25) is 4.79 Å². The van der Waals surface area contributed by atoms with E-state index in [1.807, 2.05) is 17.8 Å². The summed E-state index contributed by atoms with van der Waals surface area (Å²) in [5, 5.41) is 0. The predicted octanol–water partition coefficient (Wildman–Crippen LogP) is 0.212. The summed E-state index contributed by atoms with van der Waals surface area (Å²) in [6, 6.07) is 3.05. The van der Waals surface area contributed by atoms with Crippen LogP contribution in [0.4, 0.5) is 5.69 Å². The summed E-state index contributed by atoms with van der Waals surface area (Å²) in [6.45, 7) is 0.438. The van der Waals surface area contributed by atoms with Gasteiger partial charge in [0.25, 0.3) is 5.56 Å². The topological polar surface area (TPSA) is 65.8 Å². The largest absolute Gasteiger partial charge is 0.398 e. The van der Waals surface area contributed by atoms with E-state index in [9.17, 15) is 4.79 Å². The number of hydrogen-bond acceptors (Lipinski definition) is 3. The van der Waals surface area contributed by atoms with Gasteiger partial charge in [0.05, 0.1) is 6.54 Å². The molecule has 0 aliphatic heterocycles. The first-order valence-electron chi connectivity index (χ1n) is 4.59. The highest BCUT2D eigenvalue weighted by atomic mass is 16.1. The number of nitrogens with zero attached hydrogens (tertiary/aromatic N) is 3. The molecule has 0 amide bonds. The molecule has 0 spiro atoms. The molecule has 2 rings (SSSR count). The Morgan fingerprint density at radius 3 is 2.93 bits per heavy atom. The van der Waals surface area contributed by atoms with Crippen LogP contribution in [0.1, 0.15) is 5.82 Å². The predicted molar refractivity (Wildman–Crippen MR) is 57.4 cm³/mol. The van der Waals surface area contributed by atoms with Gasteiger partial charge in [0.1, 0.15) is 5.82 Å². The van der Waals surface area contributed by atoms with Crippen LogP contribution >= 0.6 is 0 Å². The van der Waals surface area contributed by atoms with E-state index in [1.165, 1.54) is 10.6 Å². The zero-order valence-corrected chi connectivity index (χ0v) is 8.42. The molecular weight excluding hydrogens is 192 g/mol. The van der Waals surface area contributed by atoms with Crippen molar-refractivity contribution >= 4 is 5.69 Å². The van der Waals surface area contributed by atoms with Crippen molar-refractivity contribution < 1.29 is 0 Å². The third-order valence-electron chi connectivity index (χ3n) is 2.24. The maximum absolute atomic E-state index is 11.5. The molecule has 0 saturated heterocycles. The lowest BCUT2D eigenvalue weighted by molar-refractivity contribution is 0.680. The fraction of sp³-hybridized carbons (Fsp3) is 0.200. The molecule has 0 unspecified atom stereocenters. The fourth-order valence-corrected chi connectivity index (χ4v) is 1.37. The van der Waals surface area contributed by atoms with Gasteiger partial charge in [-0.05, 0) is 6.07 Å². The van der Waals surface area contributed by atoms with Crippen LogP contribution in [0, 0.1) is 0 Å². The number of hydrogen-bond donors (Lipinski definition) is 1. The lowest BCUT2D eigenvalue weighted by Crippen LogP contribution is -2.21. The number of nitrogens with two attached hydrogens (primary N) is 1. The van der Waals surface area contributed by atoms with E-state index in [1.54, 1.807) is 18.5 Å². The van der Waals surface area contributed by atoms with Crippen molar-refractivity contribution in [2.45, 2.75) is 6.54 Å². The number of anilines is 1. The second-order valence-corrected chi connectivity index (χ2v) is 3.38. The molecule has 2 N–H and O–H groups in total. The van der Waals surface area contributed by atoms with Crippen LogP contribution < -0.4 is 11.3 Å². The molecule has 5 nitrogen and oxygen atoms in total. The smallest absolute Gasteiger partial charge is 0.251 e. The minimum atomic E-state index is -0.0767. The van der Waals surface area contributed by atoms with Crippen LogP contribution in [0.3, 0.4) is 0 Å². The molecule has 15 heavy (non-hydrogen) atoms. The molecule has 0 aliphatic rings. The monoisotopic (exact) mass is 204 g/mol. The number of nitrogen functional groups attached to an aromatic ring is 1. The zero-order chi connectivity index (χ0) is 10.8. The van der Waals surface area contributed by atoms with E-state index >= 15 is 0 Å². The first-order valence-corrected chi connectivity index (χ1v) is 4.59. The number of pyridine rings is 1. The van der Waals surface area contributed by atoms with Gasteiger partial charge in [-0.1, -0.05) is 0 Å². The van der Waals surface area contributed by atoms with Crippen molar-refractivity contribution in [2.75, 3.05) is 5.73 Å². The van der Waals surface area contributed by atoms with Crippen molar-refractivity contribution in [1.29, 1.82) is 0 Å². The van der Waals surface area contributed by atoms with Gasteiger partial charge in [0.2, 0.25) is 0 Å². The second kappa shape index (κ2) is 3.61. The molecule has 0 aliphatic carbocycles. The molecular formula is C10H12N4O. The summed E-state index contributed by atoms with van der Waals surface area (Å²) >= 11 is 0. The molecule has 0 radical (unpaired) electrons. The lowest BCUT2D eigenvalue weighted by atomic mass is 10.4. The third kappa shape index (κ3) is 1.90. The Balaban J connectivity index is 2.36. The minimum absolute atomic E-state index is 0.0767. The maximum atomic E-state index is 11.5. The lowest BCUT2D eigenvalue weighted by Gasteiger charge is -2.05. The average molecular weight is 204 g/mol. The molecule has 0 bridgehead atoms. The second-order valence-electron chi connectivity index (χ2n) is 3.38. The number of rotatable bonds is 2. The maximum Gasteiger partial charge on any atom is 0.251 e. The normalized spacial score (nSPS) is 10.5. The Hall–Kier alpha value is -2.04. The highest BCUT2D eigenvalue weighted by Gasteiger charge is 2.02.